The summed E-state index contributed by atoms with van der Waals surface area (Å²) in [7, 11) is 0. The lowest BCUT2D eigenvalue weighted by atomic mass is 9.96. The minimum absolute atomic E-state index is 0.0562. The molecule has 2 N–H and O–H groups in total. The van der Waals surface area contributed by atoms with E-state index in [0.29, 0.717) is 0 Å². The van der Waals surface area contributed by atoms with Gasteiger partial charge in [0, 0.05) is 27.7 Å². The molecule has 12 nitrogen and oxygen atoms in total. The van der Waals surface area contributed by atoms with E-state index in [-0.39, 0.29) is 11.3 Å². The molecule has 0 radical (unpaired) electrons. The van der Waals surface area contributed by atoms with E-state index >= 15 is 0 Å². The van der Waals surface area contributed by atoms with E-state index < -0.39 is 67.0 Å². The van der Waals surface area contributed by atoms with E-state index in [1.165, 1.54) is 31.2 Å². The minimum Gasteiger partial charge on any atom is -0.508 e. The highest BCUT2D eigenvalue weighted by atomic mass is 16.7. The predicted octanol–water partition coefficient (Wildman–Crippen LogP) is 0.205. The molecule has 1 saturated heterocycles. The number of phenolic OH excluding ortho intramolecular Hbond substituents is 1. The topological polar surface area (TPSA) is 164 Å². The fourth-order valence-electron chi connectivity index (χ4n) is 3.16. The van der Waals surface area contributed by atoms with Crippen molar-refractivity contribution in [2.45, 2.75) is 58.3 Å². The highest BCUT2D eigenvalue weighted by Crippen LogP contribution is 2.28. The maximum atomic E-state index is 12.6. The Labute approximate surface area is 189 Å². The standard InChI is InChI=1S/C21H25NO11/c1-10(23)22-17-19(31-13(4)26)18(30-12(3)25)16(9-29-11(2)24)32-21(17)33-20(28)14-5-7-15(27)8-6-14/h5-8,16-19,21,27H,9H2,1-4H3,(H,22,23)/t16-,17-,18+,19+,21-/m0/s1. The Morgan fingerprint density at radius 3 is 1.97 bits per heavy atom. The lowest BCUT2D eigenvalue weighted by Gasteiger charge is -2.44. The van der Waals surface area contributed by atoms with Gasteiger partial charge in [-0.1, -0.05) is 0 Å². The first-order valence-corrected chi connectivity index (χ1v) is 9.88. The van der Waals surface area contributed by atoms with E-state index in [2.05, 4.69) is 5.32 Å². The first-order valence-electron chi connectivity index (χ1n) is 9.88. The molecule has 1 fully saturated rings. The number of carbonyl (C=O) groups is 5. The van der Waals surface area contributed by atoms with Gasteiger partial charge in [0.05, 0.1) is 5.56 Å². The van der Waals surface area contributed by atoms with Gasteiger partial charge < -0.3 is 34.1 Å². The molecule has 1 aliphatic rings. The lowest BCUT2D eigenvalue weighted by molar-refractivity contribution is -0.263. The second-order valence-corrected chi connectivity index (χ2v) is 7.17. The van der Waals surface area contributed by atoms with Crippen LogP contribution in [0.3, 0.4) is 0 Å². The van der Waals surface area contributed by atoms with Crippen LogP contribution in [0.15, 0.2) is 24.3 Å². The van der Waals surface area contributed by atoms with Crippen LogP contribution < -0.4 is 5.32 Å². The Balaban J connectivity index is 2.42. The summed E-state index contributed by atoms with van der Waals surface area (Å²) in [6, 6.07) is 3.87. The molecular formula is C21H25NO11. The molecule has 0 aromatic heterocycles. The molecule has 0 saturated carbocycles. The second kappa shape index (κ2) is 11.3. The van der Waals surface area contributed by atoms with Crippen LogP contribution in [0.1, 0.15) is 38.1 Å². The fourth-order valence-corrected chi connectivity index (χ4v) is 3.16. The van der Waals surface area contributed by atoms with Gasteiger partial charge in [-0.2, -0.15) is 0 Å². The summed E-state index contributed by atoms with van der Waals surface area (Å²) >= 11 is 0. The Hall–Kier alpha value is -3.67. The van der Waals surface area contributed by atoms with Crippen LogP contribution in [0.4, 0.5) is 0 Å². The van der Waals surface area contributed by atoms with Gasteiger partial charge in [-0.25, -0.2) is 4.79 Å². The predicted molar refractivity (Wildman–Crippen MR) is 108 cm³/mol. The zero-order valence-corrected chi connectivity index (χ0v) is 18.4. The van der Waals surface area contributed by atoms with Crippen molar-refractivity contribution in [3.8, 4) is 5.75 Å². The van der Waals surface area contributed by atoms with Gasteiger partial charge in [-0.3, -0.25) is 19.2 Å². The molecule has 12 heteroatoms. The van der Waals surface area contributed by atoms with Crippen molar-refractivity contribution in [1.29, 1.82) is 0 Å². The van der Waals surface area contributed by atoms with Crippen LogP contribution in [0, 0.1) is 0 Å². The molecule has 0 unspecified atom stereocenters. The molecule has 5 atom stereocenters. The molecule has 33 heavy (non-hydrogen) atoms. The average molecular weight is 467 g/mol. The van der Waals surface area contributed by atoms with Gasteiger partial charge >= 0.3 is 23.9 Å². The number of hydrogen-bond acceptors (Lipinski definition) is 11. The summed E-state index contributed by atoms with van der Waals surface area (Å²) in [6.45, 7) is 4.11. The van der Waals surface area contributed by atoms with Crippen LogP contribution in [0.2, 0.25) is 0 Å². The van der Waals surface area contributed by atoms with Crippen molar-refractivity contribution >= 4 is 29.8 Å². The van der Waals surface area contributed by atoms with Crippen LogP contribution in [0.5, 0.6) is 5.75 Å². The highest BCUT2D eigenvalue weighted by Gasteiger charge is 2.52. The minimum atomic E-state index is -1.52. The Kier molecular flexibility index (Phi) is 8.74. The summed E-state index contributed by atoms with van der Waals surface area (Å²) in [5.74, 6) is -3.72. The third-order valence-electron chi connectivity index (χ3n) is 4.40. The molecule has 0 aliphatic carbocycles. The number of carbonyl (C=O) groups excluding carboxylic acids is 5. The van der Waals surface area contributed by atoms with Crippen molar-refractivity contribution < 1.29 is 52.8 Å². The molecule has 1 aromatic rings. The summed E-state index contributed by atoms with van der Waals surface area (Å²) in [6.07, 6.45) is -5.37. The number of aromatic hydroxyl groups is 1. The van der Waals surface area contributed by atoms with Crippen molar-refractivity contribution in [2.75, 3.05) is 6.61 Å². The molecule has 1 amide bonds. The van der Waals surface area contributed by atoms with Crippen molar-refractivity contribution in [3.63, 3.8) is 0 Å². The molecule has 1 aromatic carbocycles. The van der Waals surface area contributed by atoms with Crippen LogP contribution in [0.25, 0.3) is 0 Å². The SMILES string of the molecule is CC(=O)N[C@@H]1[C@H](OC(=O)c2ccc(O)cc2)O[C@@H](COC(C)=O)[C@@H](OC(C)=O)[C@@H]1OC(C)=O. The van der Waals surface area contributed by atoms with Gasteiger partial charge in [0.15, 0.2) is 12.2 Å². The lowest BCUT2D eigenvalue weighted by Crippen LogP contribution is -2.66. The summed E-state index contributed by atoms with van der Waals surface area (Å²) in [5, 5.41) is 11.9. The van der Waals surface area contributed by atoms with Gasteiger partial charge in [-0.15, -0.1) is 0 Å². The Bertz CT molecular complexity index is 898. The zero-order valence-electron chi connectivity index (χ0n) is 18.4. The third-order valence-corrected chi connectivity index (χ3v) is 4.40. The Morgan fingerprint density at radius 1 is 0.879 bits per heavy atom. The van der Waals surface area contributed by atoms with Crippen LogP contribution >= 0.6 is 0 Å². The smallest absolute Gasteiger partial charge is 0.340 e. The first-order chi connectivity index (χ1) is 15.5. The number of phenols is 1. The summed E-state index contributed by atoms with van der Waals surface area (Å²) in [5.41, 5.74) is 0.0562. The number of ether oxygens (including phenoxy) is 5. The van der Waals surface area contributed by atoms with Crippen LogP contribution in [-0.2, 0) is 42.9 Å². The third kappa shape index (κ3) is 7.45. The van der Waals surface area contributed by atoms with Crippen molar-refractivity contribution in [2.24, 2.45) is 0 Å². The first kappa shape index (κ1) is 25.6. The number of benzene rings is 1. The maximum absolute atomic E-state index is 12.6. The van der Waals surface area contributed by atoms with Gasteiger partial charge in [0.1, 0.15) is 24.5 Å². The average Bonchev–Trinajstić information content (AvgIpc) is 2.70. The number of rotatable bonds is 7. The monoisotopic (exact) mass is 467 g/mol. The van der Waals surface area contributed by atoms with Crippen LogP contribution in [-0.4, -0.2) is 72.1 Å². The van der Waals surface area contributed by atoms with E-state index in [4.69, 9.17) is 23.7 Å². The molecule has 0 bridgehead atoms. The normalized spacial score (nSPS) is 24.2. The molecular weight excluding hydrogens is 442 g/mol. The summed E-state index contributed by atoms with van der Waals surface area (Å²) < 4.78 is 26.7. The zero-order chi connectivity index (χ0) is 24.7. The highest BCUT2D eigenvalue weighted by molar-refractivity contribution is 5.89. The van der Waals surface area contributed by atoms with Gasteiger partial charge in [-0.05, 0) is 24.3 Å². The van der Waals surface area contributed by atoms with Gasteiger partial charge in [0.25, 0.3) is 0 Å². The quantitative estimate of drug-likeness (QED) is 0.416. The number of esters is 4. The fraction of sp³-hybridized carbons (Fsp3) is 0.476. The molecule has 180 valence electrons. The Morgan fingerprint density at radius 2 is 1.45 bits per heavy atom. The van der Waals surface area contributed by atoms with E-state index in [1.54, 1.807) is 0 Å². The van der Waals surface area contributed by atoms with E-state index in [1.807, 2.05) is 0 Å². The number of hydrogen-bond donors (Lipinski definition) is 2. The summed E-state index contributed by atoms with van der Waals surface area (Å²) in [4.78, 5) is 59.3. The van der Waals surface area contributed by atoms with Crippen molar-refractivity contribution in [1.82, 2.24) is 5.32 Å². The molecule has 0 spiro atoms. The number of amides is 1. The van der Waals surface area contributed by atoms with Gasteiger partial charge in [0.2, 0.25) is 12.2 Å². The van der Waals surface area contributed by atoms with E-state index in [9.17, 15) is 29.1 Å². The maximum Gasteiger partial charge on any atom is 0.340 e. The number of nitrogens with one attached hydrogen (secondary N) is 1. The molecule has 1 aliphatic heterocycles. The second-order valence-electron chi connectivity index (χ2n) is 7.17. The van der Waals surface area contributed by atoms with Crippen molar-refractivity contribution in [3.05, 3.63) is 29.8 Å². The molecule has 1 heterocycles. The van der Waals surface area contributed by atoms with E-state index in [0.717, 1.165) is 20.8 Å². The largest absolute Gasteiger partial charge is 0.508 e. The molecule has 2 rings (SSSR count).